The van der Waals surface area contributed by atoms with Gasteiger partial charge in [-0.1, -0.05) is 0 Å². The van der Waals surface area contributed by atoms with E-state index in [1.807, 2.05) is 12.3 Å². The molecule has 5 heterocycles. The van der Waals surface area contributed by atoms with Crippen molar-refractivity contribution in [1.82, 2.24) is 29.7 Å². The predicted molar refractivity (Wildman–Crippen MR) is 152 cm³/mol. The summed E-state index contributed by atoms with van der Waals surface area (Å²) in [5.74, 6) is 1.01. The van der Waals surface area contributed by atoms with Crippen molar-refractivity contribution >= 4 is 11.7 Å². The van der Waals surface area contributed by atoms with Gasteiger partial charge in [0.15, 0.2) is 42.4 Å². The van der Waals surface area contributed by atoms with Crippen molar-refractivity contribution < 1.29 is 23.5 Å². The molecular formula is C30H34FN8O3+. The van der Waals surface area contributed by atoms with Crippen LogP contribution >= 0.6 is 0 Å². The molecule has 0 bridgehead atoms. The van der Waals surface area contributed by atoms with Crippen molar-refractivity contribution in [3.8, 4) is 28.9 Å². The Balaban J connectivity index is 1.30. The number of rotatable bonds is 8. The number of fused-ring (bicyclic) bond motifs is 2. The zero-order valence-corrected chi connectivity index (χ0v) is 23.7. The van der Waals surface area contributed by atoms with Crippen molar-refractivity contribution in [1.29, 1.82) is 5.26 Å². The number of aliphatic hydroxyl groups is 1. The van der Waals surface area contributed by atoms with Gasteiger partial charge in [-0.25, -0.2) is 13.5 Å². The molecule has 0 aromatic carbocycles. The molecule has 6 rings (SSSR count). The van der Waals surface area contributed by atoms with E-state index in [2.05, 4.69) is 44.0 Å². The molecule has 0 radical (unpaired) electrons. The molecule has 0 saturated heterocycles. The fraction of sp³-hybridized carbons (Fsp3) is 0.433. The van der Waals surface area contributed by atoms with Crippen LogP contribution in [-0.4, -0.2) is 66.6 Å². The van der Waals surface area contributed by atoms with Crippen LogP contribution in [-0.2, 0) is 13.1 Å². The van der Waals surface area contributed by atoms with Gasteiger partial charge in [0.05, 0.1) is 37.5 Å². The van der Waals surface area contributed by atoms with Gasteiger partial charge in [-0.2, -0.15) is 15.5 Å². The summed E-state index contributed by atoms with van der Waals surface area (Å²) < 4.78 is 31.5. The third-order valence-electron chi connectivity index (χ3n) is 8.29. The van der Waals surface area contributed by atoms with E-state index in [1.165, 1.54) is 12.1 Å². The van der Waals surface area contributed by atoms with E-state index < -0.39 is 11.9 Å². The predicted octanol–water partition coefficient (Wildman–Crippen LogP) is 3.39. The van der Waals surface area contributed by atoms with Crippen molar-refractivity contribution in [2.24, 2.45) is 5.92 Å². The van der Waals surface area contributed by atoms with Crippen LogP contribution in [0.15, 0.2) is 36.8 Å². The Kier molecular flexibility index (Phi) is 7.75. The Hall–Kier alpha value is -4.50. The van der Waals surface area contributed by atoms with Gasteiger partial charge >= 0.3 is 0 Å². The number of methoxy groups -OCH3 is 1. The minimum atomic E-state index is -0.824. The molecule has 11 nitrogen and oxygen atoms in total. The lowest BCUT2D eigenvalue weighted by Crippen LogP contribution is -2.33. The monoisotopic (exact) mass is 573 g/mol. The first-order chi connectivity index (χ1) is 20.5. The number of nitrogens with one attached hydrogen (secondary N) is 1. The topological polar surface area (TPSA) is 126 Å². The molecule has 1 aliphatic carbocycles. The summed E-state index contributed by atoms with van der Waals surface area (Å²) in [6.45, 7) is 4.17. The number of hydrogen-bond donors (Lipinski definition) is 2. The van der Waals surface area contributed by atoms with Gasteiger partial charge in [-0.3, -0.25) is 9.67 Å². The molecule has 0 spiro atoms. The van der Waals surface area contributed by atoms with Gasteiger partial charge < -0.3 is 19.9 Å². The SMILES string of the molecule is COc1cnn2cc(-c3nn4c(c3C)C[N+](=CC3CCC(NC#N)CC3)CC4)cc(O[C@H](CO)c3ccc(F)cn3)c12. The third kappa shape index (κ3) is 5.39. The summed E-state index contributed by atoms with van der Waals surface area (Å²) in [4.78, 5) is 4.10. The Morgan fingerprint density at radius 3 is 2.81 bits per heavy atom. The number of pyridine rings is 2. The highest BCUT2D eigenvalue weighted by molar-refractivity contribution is 5.75. The molecular weight excluding hydrogens is 539 g/mol. The molecule has 218 valence electrons. The van der Waals surface area contributed by atoms with Gasteiger partial charge in [-0.05, 0) is 50.8 Å². The highest BCUT2D eigenvalue weighted by atomic mass is 19.1. The van der Waals surface area contributed by atoms with Crippen molar-refractivity contribution in [2.75, 3.05) is 20.3 Å². The summed E-state index contributed by atoms with van der Waals surface area (Å²) in [5.41, 5.74) is 4.89. The fourth-order valence-electron chi connectivity index (χ4n) is 6.02. The molecule has 4 aromatic heterocycles. The van der Waals surface area contributed by atoms with Crippen LogP contribution in [0.3, 0.4) is 0 Å². The van der Waals surface area contributed by atoms with Crippen LogP contribution in [0.1, 0.15) is 48.7 Å². The Morgan fingerprint density at radius 1 is 1.26 bits per heavy atom. The molecule has 0 amide bonds. The number of aliphatic hydroxyl groups excluding tert-OH is 1. The first-order valence-electron chi connectivity index (χ1n) is 14.2. The molecule has 12 heteroatoms. The van der Waals surface area contributed by atoms with Crippen LogP contribution in [0.4, 0.5) is 4.39 Å². The zero-order chi connectivity index (χ0) is 29.2. The summed E-state index contributed by atoms with van der Waals surface area (Å²) in [6, 6.07) is 4.96. The number of nitriles is 1. The molecule has 1 fully saturated rings. The molecule has 2 N–H and O–H groups in total. The van der Waals surface area contributed by atoms with E-state index in [1.54, 1.807) is 17.8 Å². The second kappa shape index (κ2) is 11.8. The molecule has 1 aliphatic heterocycles. The quantitative estimate of drug-likeness (QED) is 0.187. The van der Waals surface area contributed by atoms with Crippen LogP contribution in [0.2, 0.25) is 0 Å². The molecule has 0 unspecified atom stereocenters. The molecule has 1 saturated carbocycles. The Labute approximate surface area is 242 Å². The lowest BCUT2D eigenvalue weighted by Gasteiger charge is -2.25. The van der Waals surface area contributed by atoms with E-state index in [-0.39, 0.29) is 6.61 Å². The zero-order valence-electron chi connectivity index (χ0n) is 23.7. The number of ether oxygens (including phenoxy) is 2. The highest BCUT2D eigenvalue weighted by Crippen LogP contribution is 2.37. The smallest absolute Gasteiger partial charge is 0.184 e. The van der Waals surface area contributed by atoms with Crippen molar-refractivity contribution in [3.05, 3.63) is 59.6 Å². The number of aromatic nitrogens is 5. The largest absolute Gasteiger partial charge is 0.493 e. The van der Waals surface area contributed by atoms with Gasteiger partial charge in [0.2, 0.25) is 0 Å². The summed E-state index contributed by atoms with van der Waals surface area (Å²) in [6.07, 6.45) is 12.4. The lowest BCUT2D eigenvalue weighted by atomic mass is 9.87. The standard InChI is InChI=1S/C30H34FN8O3/c1-19-25-16-37(14-20-3-6-23(7-4-20)34-18-32)9-10-38(25)36-29(19)21-11-26(30-27(41-2)13-35-39(30)15-21)42-28(17-40)24-8-5-22(31)12-33-24/h5,8,11-15,20,23,28,34,40H,3-4,6-7,9-10,16-17H2,1-2H3/q+1/t20?,23?,28-/m1/s1. The fourth-order valence-corrected chi connectivity index (χ4v) is 6.02. The first-order valence-corrected chi connectivity index (χ1v) is 14.2. The minimum Gasteiger partial charge on any atom is -0.493 e. The Bertz CT molecular complexity index is 1650. The van der Waals surface area contributed by atoms with Crippen LogP contribution in [0.5, 0.6) is 11.5 Å². The van der Waals surface area contributed by atoms with Crippen molar-refractivity contribution in [2.45, 2.75) is 57.8 Å². The number of halogens is 1. The van der Waals surface area contributed by atoms with E-state index in [4.69, 9.17) is 19.8 Å². The summed E-state index contributed by atoms with van der Waals surface area (Å²) in [7, 11) is 1.56. The minimum absolute atomic E-state index is 0.299. The maximum Gasteiger partial charge on any atom is 0.184 e. The molecule has 4 aromatic rings. The van der Waals surface area contributed by atoms with Crippen LogP contribution < -0.4 is 14.8 Å². The maximum absolute atomic E-state index is 13.5. The lowest BCUT2D eigenvalue weighted by molar-refractivity contribution is -0.550. The van der Waals surface area contributed by atoms with E-state index >= 15 is 0 Å². The van der Waals surface area contributed by atoms with Crippen LogP contribution in [0.25, 0.3) is 16.8 Å². The Morgan fingerprint density at radius 2 is 2.10 bits per heavy atom. The van der Waals surface area contributed by atoms with Crippen LogP contribution in [0, 0.1) is 30.1 Å². The van der Waals surface area contributed by atoms with Gasteiger partial charge in [0.1, 0.15) is 24.3 Å². The summed E-state index contributed by atoms with van der Waals surface area (Å²) in [5, 5.41) is 31.4. The average Bonchev–Trinajstić information content (AvgIpc) is 3.58. The van der Waals surface area contributed by atoms with E-state index in [0.29, 0.717) is 34.7 Å². The molecule has 1 atom stereocenters. The number of nitrogens with zero attached hydrogens (tertiary/aromatic N) is 7. The third-order valence-corrected chi connectivity index (χ3v) is 8.29. The second-order valence-electron chi connectivity index (χ2n) is 10.9. The highest BCUT2D eigenvalue weighted by Gasteiger charge is 2.28. The normalized spacial score (nSPS) is 20.2. The van der Waals surface area contributed by atoms with E-state index in [9.17, 15) is 9.50 Å². The second-order valence-corrected chi connectivity index (χ2v) is 10.9. The number of hydrogen-bond acceptors (Lipinski definition) is 8. The maximum atomic E-state index is 13.5. The molecule has 42 heavy (non-hydrogen) atoms. The first kappa shape index (κ1) is 27.7. The van der Waals surface area contributed by atoms with Gasteiger partial charge in [0.25, 0.3) is 0 Å². The summed E-state index contributed by atoms with van der Waals surface area (Å²) >= 11 is 0. The van der Waals surface area contributed by atoms with Crippen molar-refractivity contribution in [3.63, 3.8) is 0 Å². The molecule has 2 aliphatic rings. The van der Waals surface area contributed by atoms with Gasteiger partial charge in [0, 0.05) is 29.3 Å². The average molecular weight is 574 g/mol. The van der Waals surface area contributed by atoms with Gasteiger partial charge in [-0.15, -0.1) is 0 Å². The van der Waals surface area contributed by atoms with E-state index in [0.717, 1.165) is 74.0 Å².